The van der Waals surface area contributed by atoms with Crippen LogP contribution in [0.5, 0.6) is 0 Å². The van der Waals surface area contributed by atoms with Gasteiger partial charge < -0.3 is 10.8 Å². The molecule has 4 heteroatoms. The van der Waals surface area contributed by atoms with Gasteiger partial charge in [-0.3, -0.25) is 5.26 Å². The third-order valence-corrected chi connectivity index (χ3v) is 12.8. The Morgan fingerprint density at radius 2 is 1.56 bits per heavy atom. The molecule has 198 valence electrons. The van der Waals surface area contributed by atoms with Crippen LogP contribution in [0.2, 0.25) is 0 Å². The lowest BCUT2D eigenvalue weighted by atomic mass is 9.37. The van der Waals surface area contributed by atoms with Gasteiger partial charge in [-0.05, 0) is 84.4 Å². The number of hydrogen-bond acceptors (Lipinski definition) is 4. The molecule has 4 nitrogen and oxygen atoms in total. The van der Waals surface area contributed by atoms with Crippen molar-refractivity contribution in [2.24, 2.45) is 69.3 Å². The SMILES string of the molecule is CC1=C2C(C)C(C)[C@]3(C)C(C)CC(C)C(C)C3C(C)C(C)(CC1[C@H](OO)C(O)C(C)N)C2(C)C. The third kappa shape index (κ3) is 3.68. The number of nitrogens with two attached hydrogens (primary N) is 1. The summed E-state index contributed by atoms with van der Waals surface area (Å²) in [6.45, 7) is 29.0. The molecule has 0 spiro atoms. The molecule has 0 aromatic carbocycles. The van der Waals surface area contributed by atoms with Crippen molar-refractivity contribution >= 4 is 0 Å². The predicted molar refractivity (Wildman–Crippen MR) is 141 cm³/mol. The maximum Gasteiger partial charge on any atom is 0.126 e. The smallest absolute Gasteiger partial charge is 0.126 e. The van der Waals surface area contributed by atoms with Gasteiger partial charge in [0, 0.05) is 12.0 Å². The fourth-order valence-electron chi connectivity index (χ4n) is 9.79. The molecule has 0 heterocycles. The van der Waals surface area contributed by atoms with E-state index < -0.39 is 18.2 Å². The molecule has 2 fully saturated rings. The van der Waals surface area contributed by atoms with E-state index in [0.29, 0.717) is 41.4 Å². The van der Waals surface area contributed by atoms with E-state index in [1.807, 2.05) is 0 Å². The molecule has 11 unspecified atom stereocenters. The lowest BCUT2D eigenvalue weighted by Crippen LogP contribution is -2.62. The maximum absolute atomic E-state index is 11.0. The minimum atomic E-state index is -0.915. The van der Waals surface area contributed by atoms with Gasteiger partial charge in [0.25, 0.3) is 0 Å². The molecule has 3 rings (SSSR count). The number of allylic oxidation sites excluding steroid dienone is 1. The van der Waals surface area contributed by atoms with Crippen molar-refractivity contribution in [2.45, 2.75) is 114 Å². The summed E-state index contributed by atoms with van der Waals surface area (Å²) in [5.74, 6) is 4.03. The summed E-state index contributed by atoms with van der Waals surface area (Å²) in [7, 11) is 0. The summed E-state index contributed by atoms with van der Waals surface area (Å²) in [6.07, 6.45) is 0.558. The van der Waals surface area contributed by atoms with Gasteiger partial charge in [-0.2, -0.15) is 0 Å². The first kappa shape index (κ1) is 28.2. The molecule has 13 atom stereocenters. The molecule has 2 bridgehead atoms. The maximum atomic E-state index is 11.0. The summed E-state index contributed by atoms with van der Waals surface area (Å²) in [4.78, 5) is 5.05. The zero-order valence-electron chi connectivity index (χ0n) is 24.1. The van der Waals surface area contributed by atoms with Crippen molar-refractivity contribution in [3.05, 3.63) is 11.1 Å². The van der Waals surface area contributed by atoms with Gasteiger partial charge in [0.05, 0.1) is 6.10 Å². The highest BCUT2D eigenvalue weighted by atomic mass is 17.1. The van der Waals surface area contributed by atoms with E-state index in [9.17, 15) is 10.4 Å². The van der Waals surface area contributed by atoms with E-state index in [-0.39, 0.29) is 22.2 Å². The van der Waals surface area contributed by atoms with Crippen molar-refractivity contribution in [3.63, 3.8) is 0 Å². The van der Waals surface area contributed by atoms with Gasteiger partial charge in [0.2, 0.25) is 0 Å². The Balaban J connectivity index is 2.30. The Bertz CT molecular complexity index is 790. The Labute approximate surface area is 210 Å². The summed E-state index contributed by atoms with van der Waals surface area (Å²) in [5, 5.41) is 21.0. The predicted octanol–water partition coefficient (Wildman–Crippen LogP) is 6.78. The van der Waals surface area contributed by atoms with Gasteiger partial charge in [-0.15, -0.1) is 0 Å². The number of fused-ring (bicyclic) bond motifs is 3. The molecular weight excluding hydrogens is 422 g/mol. The fourth-order valence-corrected chi connectivity index (χ4v) is 9.79. The number of aliphatic hydroxyl groups is 1. The average molecular weight is 478 g/mol. The van der Waals surface area contributed by atoms with E-state index in [1.165, 1.54) is 17.6 Å². The fraction of sp³-hybridized carbons (Fsp3) is 0.933. The van der Waals surface area contributed by atoms with Crippen molar-refractivity contribution in [1.82, 2.24) is 0 Å². The van der Waals surface area contributed by atoms with Crippen LogP contribution in [0.1, 0.15) is 95.9 Å². The summed E-state index contributed by atoms with van der Waals surface area (Å²) >= 11 is 0. The highest BCUT2D eigenvalue weighted by molar-refractivity contribution is 5.34. The van der Waals surface area contributed by atoms with Crippen LogP contribution in [0, 0.1) is 63.6 Å². The molecule has 3 aliphatic carbocycles. The molecule has 2 saturated carbocycles. The van der Waals surface area contributed by atoms with Crippen molar-refractivity contribution in [3.8, 4) is 0 Å². The number of rotatable bonds is 4. The minimum Gasteiger partial charge on any atom is -0.389 e. The van der Waals surface area contributed by atoms with E-state index >= 15 is 0 Å². The van der Waals surface area contributed by atoms with Crippen LogP contribution in [-0.4, -0.2) is 28.6 Å². The summed E-state index contributed by atoms with van der Waals surface area (Å²) in [5.41, 5.74) is 9.16. The average Bonchev–Trinajstić information content (AvgIpc) is 2.74. The van der Waals surface area contributed by atoms with Gasteiger partial charge in [-0.25, -0.2) is 4.89 Å². The quantitative estimate of drug-likeness (QED) is 0.237. The Morgan fingerprint density at radius 3 is 2.06 bits per heavy atom. The molecule has 34 heavy (non-hydrogen) atoms. The first-order valence-electron chi connectivity index (χ1n) is 13.9. The third-order valence-electron chi connectivity index (χ3n) is 12.8. The van der Waals surface area contributed by atoms with Crippen LogP contribution in [-0.2, 0) is 4.89 Å². The van der Waals surface area contributed by atoms with Gasteiger partial charge in [-0.1, -0.05) is 80.4 Å². The molecule has 0 aliphatic heterocycles. The molecule has 0 saturated heterocycles. The van der Waals surface area contributed by atoms with Crippen LogP contribution >= 0.6 is 0 Å². The van der Waals surface area contributed by atoms with E-state index in [2.05, 4.69) is 76.2 Å². The number of hydrogen-bond donors (Lipinski definition) is 3. The Morgan fingerprint density at radius 1 is 1.00 bits per heavy atom. The zero-order chi connectivity index (χ0) is 26.1. The summed E-state index contributed by atoms with van der Waals surface area (Å²) < 4.78 is 0. The second-order valence-corrected chi connectivity index (χ2v) is 14.1. The Kier molecular flexibility index (Phi) is 7.58. The Hall–Kier alpha value is -0.420. The molecular formula is C30H55NO3. The molecule has 0 aromatic rings. The van der Waals surface area contributed by atoms with Gasteiger partial charge >= 0.3 is 0 Å². The lowest BCUT2D eigenvalue weighted by Gasteiger charge is -2.68. The first-order valence-corrected chi connectivity index (χ1v) is 13.9. The first-order chi connectivity index (χ1) is 15.5. The van der Waals surface area contributed by atoms with E-state index in [4.69, 9.17) is 10.6 Å². The van der Waals surface area contributed by atoms with Crippen LogP contribution < -0.4 is 5.73 Å². The van der Waals surface area contributed by atoms with Crippen molar-refractivity contribution in [1.29, 1.82) is 0 Å². The van der Waals surface area contributed by atoms with Gasteiger partial charge in [0.1, 0.15) is 6.10 Å². The van der Waals surface area contributed by atoms with Crippen molar-refractivity contribution < 1.29 is 15.3 Å². The largest absolute Gasteiger partial charge is 0.389 e. The minimum absolute atomic E-state index is 0.00490. The van der Waals surface area contributed by atoms with Crippen molar-refractivity contribution in [2.75, 3.05) is 0 Å². The van der Waals surface area contributed by atoms with E-state index in [0.717, 1.165) is 6.42 Å². The highest BCUT2D eigenvalue weighted by Crippen LogP contribution is 2.70. The standard InChI is InChI=1S/C30H55NO3/c1-15-13-16(2)30(12)20(6)18(4)24-19(5)23(27(34-33)26(32)22(8)31)14-29(11,28(24,9)10)21(7)25(30)17(15)3/h15-18,20-23,25-27,32-33H,13-14,31H2,1-12H3/t15?,16?,17?,18?,20?,21?,22?,23?,25?,26?,27-,29?,30-/m0/s1. The topological polar surface area (TPSA) is 75.7 Å². The summed E-state index contributed by atoms with van der Waals surface area (Å²) in [6, 6.07) is -0.473. The lowest BCUT2D eigenvalue weighted by molar-refractivity contribution is -0.311. The molecule has 0 aromatic heterocycles. The molecule has 0 radical (unpaired) electrons. The van der Waals surface area contributed by atoms with Gasteiger partial charge in [0.15, 0.2) is 0 Å². The molecule has 4 N–H and O–H groups in total. The zero-order valence-corrected chi connectivity index (χ0v) is 24.1. The molecule has 0 amide bonds. The monoisotopic (exact) mass is 477 g/mol. The molecule has 3 aliphatic rings. The van der Waals surface area contributed by atoms with E-state index in [1.54, 1.807) is 6.92 Å². The van der Waals surface area contributed by atoms with Crippen LogP contribution in [0.25, 0.3) is 0 Å². The van der Waals surface area contributed by atoms with Crippen LogP contribution in [0.3, 0.4) is 0 Å². The second-order valence-electron chi connectivity index (χ2n) is 14.1. The van der Waals surface area contributed by atoms with Crippen LogP contribution in [0.4, 0.5) is 0 Å². The number of aliphatic hydroxyl groups excluding tert-OH is 1. The second kappa shape index (κ2) is 9.15. The normalized spacial score (nSPS) is 49.5. The highest BCUT2D eigenvalue weighted by Gasteiger charge is 2.64. The van der Waals surface area contributed by atoms with Crippen LogP contribution in [0.15, 0.2) is 11.1 Å².